The Labute approximate surface area is 107 Å². The van der Waals surface area contributed by atoms with Crippen molar-refractivity contribution in [2.45, 2.75) is 26.3 Å². The lowest BCUT2D eigenvalue weighted by atomic mass is 10.1. The number of sulfonamides is 1. The van der Waals surface area contributed by atoms with Gasteiger partial charge in [0.15, 0.2) is 0 Å². The summed E-state index contributed by atoms with van der Waals surface area (Å²) in [5.41, 5.74) is 2.22. The van der Waals surface area contributed by atoms with E-state index in [4.69, 9.17) is 0 Å². The number of H-pyrrole nitrogens is 1. The number of nitrogens with one attached hydrogen (secondary N) is 2. The second-order valence-electron chi connectivity index (χ2n) is 4.49. The molecule has 1 heterocycles. The third-order valence-corrected chi connectivity index (χ3v) is 4.48. The summed E-state index contributed by atoms with van der Waals surface area (Å²) in [5, 5.41) is 1.15. The Morgan fingerprint density at radius 3 is 2.78 bits per heavy atom. The first-order valence-electron chi connectivity index (χ1n) is 6.07. The summed E-state index contributed by atoms with van der Waals surface area (Å²) in [7, 11) is -3.14. The van der Waals surface area contributed by atoms with E-state index in [9.17, 15) is 8.42 Å². The smallest absolute Gasteiger partial charge is 0.211 e. The molecule has 4 nitrogen and oxygen atoms in total. The van der Waals surface area contributed by atoms with E-state index in [2.05, 4.69) is 9.71 Å². The Kier molecular flexibility index (Phi) is 3.73. The zero-order valence-corrected chi connectivity index (χ0v) is 11.4. The van der Waals surface area contributed by atoms with Crippen molar-refractivity contribution in [3.63, 3.8) is 0 Å². The molecule has 0 fully saturated rings. The number of aromatic nitrogens is 1. The molecule has 5 heteroatoms. The zero-order chi connectivity index (χ0) is 13.2. The summed E-state index contributed by atoms with van der Waals surface area (Å²) in [6, 6.07) is 7.92. The number of hydrogen-bond donors (Lipinski definition) is 2. The van der Waals surface area contributed by atoms with Crippen molar-refractivity contribution >= 4 is 20.9 Å². The Bertz CT molecular complexity index is 631. The van der Waals surface area contributed by atoms with Gasteiger partial charge in [0.05, 0.1) is 5.75 Å². The molecule has 0 radical (unpaired) electrons. The minimum Gasteiger partial charge on any atom is -0.361 e. The molecule has 0 saturated carbocycles. The average molecular weight is 266 g/mol. The van der Waals surface area contributed by atoms with Gasteiger partial charge < -0.3 is 4.98 Å². The predicted octanol–water partition coefficient (Wildman–Crippen LogP) is 2.04. The minimum atomic E-state index is -3.14. The molecule has 1 aromatic carbocycles. The van der Waals surface area contributed by atoms with Crippen LogP contribution in [0.4, 0.5) is 0 Å². The molecule has 1 unspecified atom stereocenters. The lowest BCUT2D eigenvalue weighted by Gasteiger charge is -2.12. The SMILES string of the molecule is CCS(=O)(=O)NC(C)Cc1c[nH]c2ccccc12. The lowest BCUT2D eigenvalue weighted by molar-refractivity contribution is 0.561. The van der Waals surface area contributed by atoms with Crippen molar-refractivity contribution in [2.24, 2.45) is 0 Å². The van der Waals surface area contributed by atoms with Crippen molar-refractivity contribution in [2.75, 3.05) is 5.75 Å². The van der Waals surface area contributed by atoms with E-state index >= 15 is 0 Å². The number of rotatable bonds is 5. The van der Waals surface area contributed by atoms with Gasteiger partial charge >= 0.3 is 0 Å². The Hall–Kier alpha value is -1.33. The zero-order valence-electron chi connectivity index (χ0n) is 10.6. The molecule has 0 bridgehead atoms. The number of hydrogen-bond acceptors (Lipinski definition) is 2. The van der Waals surface area contributed by atoms with Crippen LogP contribution in [-0.2, 0) is 16.4 Å². The molecule has 0 spiro atoms. The Morgan fingerprint density at radius 2 is 2.06 bits per heavy atom. The van der Waals surface area contributed by atoms with E-state index in [1.54, 1.807) is 6.92 Å². The molecule has 0 saturated heterocycles. The highest BCUT2D eigenvalue weighted by Crippen LogP contribution is 2.19. The number of benzene rings is 1. The number of aromatic amines is 1. The van der Waals surface area contributed by atoms with Crippen molar-refractivity contribution in [1.82, 2.24) is 9.71 Å². The highest BCUT2D eigenvalue weighted by molar-refractivity contribution is 7.89. The second kappa shape index (κ2) is 5.12. The Balaban J connectivity index is 2.14. The van der Waals surface area contributed by atoms with Gasteiger partial charge in [0, 0.05) is 23.1 Å². The predicted molar refractivity (Wildman–Crippen MR) is 74.1 cm³/mol. The van der Waals surface area contributed by atoms with Crippen molar-refractivity contribution < 1.29 is 8.42 Å². The third-order valence-electron chi connectivity index (χ3n) is 2.96. The van der Waals surface area contributed by atoms with Gasteiger partial charge in [-0.2, -0.15) is 0 Å². The normalized spacial score (nSPS) is 13.9. The fourth-order valence-corrected chi connectivity index (χ4v) is 2.92. The number of para-hydroxylation sites is 1. The molecule has 0 amide bonds. The summed E-state index contributed by atoms with van der Waals surface area (Å²) < 4.78 is 25.6. The fourth-order valence-electron chi connectivity index (χ4n) is 2.06. The molecule has 18 heavy (non-hydrogen) atoms. The minimum absolute atomic E-state index is 0.103. The van der Waals surface area contributed by atoms with Crippen LogP contribution in [0.5, 0.6) is 0 Å². The lowest BCUT2D eigenvalue weighted by Crippen LogP contribution is -2.35. The molecule has 0 aliphatic rings. The molecular weight excluding hydrogens is 248 g/mol. The van der Waals surface area contributed by atoms with Gasteiger partial charge in [-0.15, -0.1) is 0 Å². The first-order valence-corrected chi connectivity index (χ1v) is 7.72. The van der Waals surface area contributed by atoms with Gasteiger partial charge in [0.2, 0.25) is 10.0 Å². The molecular formula is C13H18N2O2S. The van der Waals surface area contributed by atoms with E-state index in [-0.39, 0.29) is 11.8 Å². The quantitative estimate of drug-likeness (QED) is 0.870. The highest BCUT2D eigenvalue weighted by atomic mass is 32.2. The van der Waals surface area contributed by atoms with Crippen LogP contribution in [0.3, 0.4) is 0 Å². The van der Waals surface area contributed by atoms with Crippen LogP contribution in [0.1, 0.15) is 19.4 Å². The summed E-state index contributed by atoms with van der Waals surface area (Å²) in [6.45, 7) is 3.52. The van der Waals surface area contributed by atoms with E-state index in [0.717, 1.165) is 16.5 Å². The third kappa shape index (κ3) is 2.91. The molecule has 0 aliphatic heterocycles. The summed E-state index contributed by atoms with van der Waals surface area (Å²) >= 11 is 0. The van der Waals surface area contributed by atoms with Gasteiger partial charge in [0.25, 0.3) is 0 Å². The van der Waals surface area contributed by atoms with Crippen molar-refractivity contribution in [3.05, 3.63) is 36.0 Å². The largest absolute Gasteiger partial charge is 0.361 e. The van der Waals surface area contributed by atoms with Gasteiger partial charge in [-0.1, -0.05) is 18.2 Å². The maximum Gasteiger partial charge on any atom is 0.211 e. The standard InChI is InChI=1S/C13H18N2O2S/c1-3-18(16,17)15-10(2)8-11-9-14-13-7-5-4-6-12(11)13/h4-7,9-10,14-15H,3,8H2,1-2H3. The van der Waals surface area contributed by atoms with Crippen molar-refractivity contribution in [1.29, 1.82) is 0 Å². The maximum absolute atomic E-state index is 11.5. The molecule has 2 rings (SSSR count). The second-order valence-corrected chi connectivity index (χ2v) is 6.53. The topological polar surface area (TPSA) is 62.0 Å². The van der Waals surface area contributed by atoms with E-state index in [1.807, 2.05) is 37.4 Å². The van der Waals surface area contributed by atoms with Crippen LogP contribution in [0.15, 0.2) is 30.5 Å². The van der Waals surface area contributed by atoms with Gasteiger partial charge in [-0.3, -0.25) is 0 Å². The van der Waals surface area contributed by atoms with Crippen LogP contribution in [0.25, 0.3) is 10.9 Å². The molecule has 2 aromatic rings. The summed E-state index contributed by atoms with van der Waals surface area (Å²) in [4.78, 5) is 3.19. The molecule has 1 aromatic heterocycles. The fraction of sp³-hybridized carbons (Fsp3) is 0.385. The van der Waals surface area contributed by atoms with Crippen molar-refractivity contribution in [3.8, 4) is 0 Å². The van der Waals surface area contributed by atoms with Gasteiger partial charge in [-0.05, 0) is 31.9 Å². The van der Waals surface area contributed by atoms with Crippen LogP contribution in [0.2, 0.25) is 0 Å². The van der Waals surface area contributed by atoms with Crippen LogP contribution < -0.4 is 4.72 Å². The Morgan fingerprint density at radius 1 is 1.33 bits per heavy atom. The number of fused-ring (bicyclic) bond motifs is 1. The first kappa shape index (κ1) is 13.1. The summed E-state index contributed by atoms with van der Waals surface area (Å²) in [5.74, 6) is 0.116. The van der Waals surface area contributed by atoms with Crippen LogP contribution >= 0.6 is 0 Å². The van der Waals surface area contributed by atoms with E-state index < -0.39 is 10.0 Å². The van der Waals surface area contributed by atoms with E-state index in [0.29, 0.717) is 6.42 Å². The monoisotopic (exact) mass is 266 g/mol. The first-order chi connectivity index (χ1) is 8.52. The molecule has 0 aliphatic carbocycles. The summed E-state index contributed by atoms with van der Waals surface area (Å²) in [6.07, 6.45) is 2.63. The molecule has 2 N–H and O–H groups in total. The van der Waals surface area contributed by atoms with Gasteiger partial charge in [0.1, 0.15) is 0 Å². The highest BCUT2D eigenvalue weighted by Gasteiger charge is 2.14. The average Bonchev–Trinajstić information content (AvgIpc) is 2.72. The maximum atomic E-state index is 11.5. The van der Waals surface area contributed by atoms with Gasteiger partial charge in [-0.25, -0.2) is 13.1 Å². The van der Waals surface area contributed by atoms with Crippen LogP contribution in [0, 0.1) is 0 Å². The molecule has 1 atom stereocenters. The van der Waals surface area contributed by atoms with Crippen LogP contribution in [-0.4, -0.2) is 25.2 Å². The van der Waals surface area contributed by atoms with E-state index in [1.165, 1.54) is 0 Å². The molecule has 98 valence electrons.